The highest BCUT2D eigenvalue weighted by Gasteiger charge is 2.24. The van der Waals surface area contributed by atoms with E-state index < -0.39 is 5.92 Å². The van der Waals surface area contributed by atoms with Crippen LogP contribution in [-0.4, -0.2) is 93.9 Å². The van der Waals surface area contributed by atoms with Gasteiger partial charge in [-0.2, -0.15) is 10.2 Å². The van der Waals surface area contributed by atoms with Crippen molar-refractivity contribution in [2.45, 2.75) is 46.6 Å². The maximum absolute atomic E-state index is 11.3. The molecule has 1 atom stereocenters. The first-order valence-electron chi connectivity index (χ1n) is 15.0. The number of hydrogen-bond acceptors (Lipinski definition) is 12. The van der Waals surface area contributed by atoms with E-state index in [1.54, 1.807) is 50.5 Å². The van der Waals surface area contributed by atoms with Gasteiger partial charge in [-0.3, -0.25) is 4.90 Å². The molecule has 2 N–H and O–H groups in total. The summed E-state index contributed by atoms with van der Waals surface area (Å²) < 4.78 is 6.25. The average molecular weight is 624 g/mol. The number of aromatic nitrogens is 8. The summed E-state index contributed by atoms with van der Waals surface area (Å²) in [6.45, 7) is 12.3. The first-order chi connectivity index (χ1) is 22.3. The van der Waals surface area contributed by atoms with Crippen LogP contribution in [-0.2, 0) is 0 Å². The number of hydrogen-bond donors (Lipinski definition) is 2. The molecule has 0 fully saturated rings. The Kier molecular flexibility index (Phi) is 10.1. The fraction of sp³-hybridized carbons (Fsp3) is 0.312. The second-order valence-corrected chi connectivity index (χ2v) is 10.7. The molecule has 0 aliphatic heterocycles. The van der Waals surface area contributed by atoms with Crippen LogP contribution in [0.3, 0.4) is 0 Å². The molecule has 0 saturated carbocycles. The van der Waals surface area contributed by atoms with Crippen molar-refractivity contribution >= 4 is 12.4 Å². The molecule has 5 aromatic rings. The molecule has 238 valence electrons. The van der Waals surface area contributed by atoms with Crippen molar-refractivity contribution in [1.29, 1.82) is 0 Å². The number of benzene rings is 3. The van der Waals surface area contributed by atoms with Gasteiger partial charge in [0.1, 0.15) is 23.9 Å². The molecule has 2 heterocycles. The van der Waals surface area contributed by atoms with Gasteiger partial charge >= 0.3 is 0 Å². The summed E-state index contributed by atoms with van der Waals surface area (Å²) >= 11 is 0. The van der Waals surface area contributed by atoms with E-state index in [4.69, 9.17) is 4.74 Å². The lowest BCUT2D eigenvalue weighted by molar-refractivity contribution is 0.158. The molecule has 0 amide bonds. The molecular formula is C32H37N11O3. The van der Waals surface area contributed by atoms with E-state index in [-0.39, 0.29) is 17.5 Å². The molecule has 14 nitrogen and oxygen atoms in total. The fourth-order valence-electron chi connectivity index (χ4n) is 5.16. The average Bonchev–Trinajstić information content (AvgIpc) is 3.67. The largest absolute Gasteiger partial charge is 0.508 e. The Balaban J connectivity index is 1.57. The van der Waals surface area contributed by atoms with Crippen molar-refractivity contribution in [2.24, 2.45) is 10.2 Å². The molecular weight excluding hydrogens is 586 g/mol. The molecule has 14 heteroatoms. The van der Waals surface area contributed by atoms with Gasteiger partial charge in [0.25, 0.3) is 0 Å². The van der Waals surface area contributed by atoms with E-state index in [0.717, 1.165) is 18.7 Å². The van der Waals surface area contributed by atoms with Gasteiger partial charge < -0.3 is 14.9 Å². The van der Waals surface area contributed by atoms with Crippen molar-refractivity contribution in [3.05, 3.63) is 100 Å². The normalized spacial score (nSPS) is 12.6. The minimum atomic E-state index is -0.602. The summed E-state index contributed by atoms with van der Waals surface area (Å²) in [7, 11) is 0. The van der Waals surface area contributed by atoms with E-state index in [2.05, 4.69) is 66.9 Å². The van der Waals surface area contributed by atoms with E-state index in [1.165, 1.54) is 9.58 Å². The van der Waals surface area contributed by atoms with Gasteiger partial charge in [0.2, 0.25) is 0 Å². The zero-order chi connectivity index (χ0) is 32.6. The smallest absolute Gasteiger partial charge is 0.173 e. The van der Waals surface area contributed by atoms with Gasteiger partial charge in [-0.1, -0.05) is 26.0 Å². The predicted molar refractivity (Wildman–Crippen MR) is 173 cm³/mol. The molecule has 3 aromatic carbocycles. The molecule has 0 saturated heterocycles. The van der Waals surface area contributed by atoms with Crippen molar-refractivity contribution in [2.75, 3.05) is 19.7 Å². The Labute approximate surface area is 266 Å². The molecule has 2 aromatic heterocycles. The Morgan fingerprint density at radius 1 is 0.804 bits per heavy atom. The van der Waals surface area contributed by atoms with Crippen LogP contribution in [0.25, 0.3) is 0 Å². The highest BCUT2D eigenvalue weighted by molar-refractivity contribution is 5.82. The molecule has 0 aliphatic rings. The third-order valence-electron chi connectivity index (χ3n) is 7.68. The van der Waals surface area contributed by atoms with Gasteiger partial charge in [-0.25, -0.2) is 0 Å². The molecule has 5 rings (SSSR count). The number of aromatic hydroxyl groups is 2. The minimum absolute atomic E-state index is 0.0463. The number of likely N-dealkylation sites (N-methyl/N-ethyl adjacent to an activating group) is 1. The summed E-state index contributed by atoms with van der Waals surface area (Å²) in [6.07, 6.45) is 3.21. The lowest BCUT2D eigenvalue weighted by atomic mass is 9.83. The topological polar surface area (TPSA) is 165 Å². The summed E-state index contributed by atoms with van der Waals surface area (Å²) in [5.41, 5.74) is 3.28. The second kappa shape index (κ2) is 14.5. The van der Waals surface area contributed by atoms with Crippen LogP contribution < -0.4 is 4.74 Å². The van der Waals surface area contributed by atoms with Gasteiger partial charge in [0, 0.05) is 23.1 Å². The highest BCUT2D eigenvalue weighted by atomic mass is 16.5. The zero-order valence-corrected chi connectivity index (χ0v) is 26.4. The quantitative estimate of drug-likeness (QED) is 0.146. The van der Waals surface area contributed by atoms with Crippen LogP contribution in [0.4, 0.5) is 0 Å². The maximum Gasteiger partial charge on any atom is 0.173 e. The molecule has 1 unspecified atom stereocenters. The number of phenols is 2. The number of aryl methyl sites for hydroxylation is 2. The van der Waals surface area contributed by atoms with Crippen LogP contribution in [0.15, 0.2) is 70.9 Å². The van der Waals surface area contributed by atoms with Crippen molar-refractivity contribution < 1.29 is 14.9 Å². The van der Waals surface area contributed by atoms with Crippen LogP contribution in [0.5, 0.6) is 17.2 Å². The Morgan fingerprint density at radius 3 is 1.83 bits per heavy atom. The SMILES string of the molecule is CCN(CC)C(C)COc1cccc(C(c2cc(/C=N/n3nnnc3C)ccc2O)c2cc(/C=N/n3nnnc3C)ccc2O)c1. The zero-order valence-electron chi connectivity index (χ0n) is 26.4. The molecule has 0 bridgehead atoms. The van der Waals surface area contributed by atoms with Crippen LogP contribution >= 0.6 is 0 Å². The number of ether oxygens (including phenoxy) is 1. The Hall–Kier alpha value is -5.50. The lowest BCUT2D eigenvalue weighted by Gasteiger charge is -2.26. The molecule has 0 radical (unpaired) electrons. The Morgan fingerprint density at radius 2 is 1.35 bits per heavy atom. The van der Waals surface area contributed by atoms with Crippen molar-refractivity contribution in [3.63, 3.8) is 0 Å². The summed E-state index contributed by atoms with van der Waals surface area (Å²) in [6, 6.07) is 18.3. The number of tetrazole rings is 2. The van der Waals surface area contributed by atoms with Gasteiger partial charge in [-0.05, 0) is 120 Å². The van der Waals surface area contributed by atoms with Gasteiger partial charge in [-0.15, -0.1) is 19.8 Å². The molecule has 0 aliphatic carbocycles. The maximum atomic E-state index is 11.3. The van der Waals surface area contributed by atoms with E-state index in [9.17, 15) is 10.2 Å². The number of phenolic OH excluding ortho intramolecular Hbond substituents is 2. The standard InChI is InChI=1S/C32H37N11O3/c1-6-41(7-2)21(3)20-46-27-10-8-9-26(17-27)32(28-15-24(11-13-30(28)44)18-33-42-22(4)35-37-39-42)29-16-25(12-14-31(29)45)19-34-43-23(5)36-38-40-43/h8-19,21,32,44-45H,6-7,20H2,1-5H3/b33-18+,34-19+. The Bertz CT molecular complexity index is 1730. The van der Waals surface area contributed by atoms with Crippen LogP contribution in [0.2, 0.25) is 0 Å². The first kappa shape index (κ1) is 31.9. The summed E-state index contributed by atoms with van der Waals surface area (Å²) in [5, 5.41) is 53.9. The van der Waals surface area contributed by atoms with E-state index in [1.807, 2.05) is 36.4 Å². The second-order valence-electron chi connectivity index (χ2n) is 10.7. The molecule has 0 spiro atoms. The first-order valence-corrected chi connectivity index (χ1v) is 15.0. The predicted octanol–water partition coefficient (Wildman–Crippen LogP) is 3.74. The summed E-state index contributed by atoms with van der Waals surface area (Å²) in [5.74, 6) is 1.23. The van der Waals surface area contributed by atoms with E-state index >= 15 is 0 Å². The lowest BCUT2D eigenvalue weighted by Crippen LogP contribution is -2.36. The van der Waals surface area contributed by atoms with Gasteiger partial charge in [0.05, 0.1) is 12.4 Å². The number of rotatable bonds is 13. The van der Waals surface area contributed by atoms with Gasteiger partial charge in [0.15, 0.2) is 11.6 Å². The third kappa shape index (κ3) is 7.41. The minimum Gasteiger partial charge on any atom is -0.508 e. The highest BCUT2D eigenvalue weighted by Crippen LogP contribution is 2.42. The van der Waals surface area contributed by atoms with Crippen molar-refractivity contribution in [3.8, 4) is 17.2 Å². The summed E-state index contributed by atoms with van der Waals surface area (Å²) in [4.78, 5) is 4.95. The van der Waals surface area contributed by atoms with Crippen molar-refractivity contribution in [1.82, 2.24) is 45.5 Å². The monoisotopic (exact) mass is 623 g/mol. The fourth-order valence-corrected chi connectivity index (χ4v) is 5.16. The van der Waals surface area contributed by atoms with Crippen LogP contribution in [0.1, 0.15) is 66.2 Å². The van der Waals surface area contributed by atoms with E-state index in [0.29, 0.717) is 46.3 Å². The number of nitrogens with zero attached hydrogens (tertiary/aromatic N) is 11. The van der Waals surface area contributed by atoms with Crippen LogP contribution in [0, 0.1) is 13.8 Å². The molecule has 46 heavy (non-hydrogen) atoms. The third-order valence-corrected chi connectivity index (χ3v) is 7.68.